The molecule has 4 rings (SSSR count). The molecule has 174 valence electrons. The molecule has 2 heterocycles. The molecule has 1 unspecified atom stereocenters. The molecule has 1 aromatic carbocycles. The van der Waals surface area contributed by atoms with Crippen LogP contribution in [0.5, 0.6) is 0 Å². The zero-order chi connectivity index (χ0) is 23.4. The predicted molar refractivity (Wildman–Crippen MR) is 111 cm³/mol. The van der Waals surface area contributed by atoms with E-state index in [0.29, 0.717) is 12.3 Å². The highest BCUT2D eigenvalue weighted by molar-refractivity contribution is 5.77. The van der Waals surface area contributed by atoms with Crippen molar-refractivity contribution in [3.63, 3.8) is 0 Å². The molecule has 1 aromatic heterocycles. The van der Waals surface area contributed by atoms with Gasteiger partial charge in [-0.15, -0.1) is 0 Å². The second-order valence-electron chi connectivity index (χ2n) is 8.30. The summed E-state index contributed by atoms with van der Waals surface area (Å²) in [5, 5.41) is 9.91. The van der Waals surface area contributed by atoms with Gasteiger partial charge in [0.05, 0.1) is 12.8 Å². The number of furan rings is 1. The number of carbonyl (C=O) groups excluding carboxylic acids is 1. The van der Waals surface area contributed by atoms with Gasteiger partial charge >= 0.3 is 12.1 Å². The number of likely N-dealkylation sites (tertiary alicyclic amines) is 1. The number of nitrogens with zero attached hydrogens (tertiary/aromatic N) is 1. The molecule has 9 heteroatoms. The number of carboxylic acid groups (broad SMARTS) is 1. The maximum absolute atomic E-state index is 11.9. The summed E-state index contributed by atoms with van der Waals surface area (Å²) in [5.41, 5.74) is 3.13. The molecule has 1 atom stereocenters. The minimum absolute atomic E-state index is 0.145. The highest BCUT2D eigenvalue weighted by atomic mass is 19.4. The van der Waals surface area contributed by atoms with Crippen LogP contribution in [-0.2, 0) is 21.5 Å². The largest absolute Gasteiger partial charge is 0.490 e. The smallest absolute Gasteiger partial charge is 0.475 e. The number of hydrogen-bond acceptors (Lipinski definition) is 4. The van der Waals surface area contributed by atoms with Crippen molar-refractivity contribution in [2.45, 2.75) is 49.7 Å². The number of nitrogens with one attached hydrogen (secondary N) is 1. The lowest BCUT2D eigenvalue weighted by Gasteiger charge is -2.40. The van der Waals surface area contributed by atoms with Gasteiger partial charge in [0.25, 0.3) is 0 Å². The quantitative estimate of drug-likeness (QED) is 0.731. The highest BCUT2D eigenvalue weighted by Gasteiger charge is 2.45. The predicted octanol–water partition coefficient (Wildman–Crippen LogP) is 4.07. The Labute approximate surface area is 184 Å². The molecular weight excluding hydrogens is 425 g/mol. The third kappa shape index (κ3) is 5.51. The molecule has 1 saturated heterocycles. The molecule has 32 heavy (non-hydrogen) atoms. The number of hydrogen-bond donors (Lipinski definition) is 2. The maximum atomic E-state index is 11.9. The van der Waals surface area contributed by atoms with Crippen LogP contribution in [0.2, 0.25) is 0 Å². The van der Waals surface area contributed by atoms with Crippen LogP contribution in [0.25, 0.3) is 0 Å². The van der Waals surface area contributed by atoms with Crippen LogP contribution in [0.15, 0.2) is 47.1 Å². The van der Waals surface area contributed by atoms with Gasteiger partial charge in [0.15, 0.2) is 0 Å². The highest BCUT2D eigenvalue weighted by Crippen LogP contribution is 2.52. The molecule has 1 amide bonds. The van der Waals surface area contributed by atoms with Crippen LogP contribution < -0.4 is 5.32 Å². The van der Waals surface area contributed by atoms with Gasteiger partial charge in [0, 0.05) is 13.5 Å². The van der Waals surface area contributed by atoms with Crippen LogP contribution >= 0.6 is 0 Å². The van der Waals surface area contributed by atoms with Gasteiger partial charge in [0.2, 0.25) is 5.91 Å². The maximum Gasteiger partial charge on any atom is 0.490 e. The zero-order valence-electron chi connectivity index (χ0n) is 17.8. The first-order chi connectivity index (χ1) is 15.1. The van der Waals surface area contributed by atoms with E-state index in [9.17, 15) is 18.0 Å². The summed E-state index contributed by atoms with van der Waals surface area (Å²) in [6.45, 7) is 3.07. The van der Waals surface area contributed by atoms with Crippen molar-refractivity contribution in [2.24, 2.45) is 0 Å². The van der Waals surface area contributed by atoms with E-state index in [-0.39, 0.29) is 11.3 Å². The number of aliphatic carboxylic acids is 1. The van der Waals surface area contributed by atoms with E-state index in [4.69, 9.17) is 14.3 Å². The number of amides is 1. The van der Waals surface area contributed by atoms with E-state index >= 15 is 0 Å². The summed E-state index contributed by atoms with van der Waals surface area (Å²) in [7, 11) is 1.73. The van der Waals surface area contributed by atoms with Gasteiger partial charge < -0.3 is 14.8 Å². The van der Waals surface area contributed by atoms with E-state index < -0.39 is 12.1 Å². The molecule has 1 spiro atoms. The molecule has 1 aliphatic carbocycles. The van der Waals surface area contributed by atoms with Gasteiger partial charge in [-0.05, 0) is 66.9 Å². The molecule has 0 radical (unpaired) electrons. The third-order valence-electron chi connectivity index (χ3n) is 6.33. The topological polar surface area (TPSA) is 82.8 Å². The molecule has 2 aromatic rings. The number of fused-ring (bicyclic) bond motifs is 2. The van der Waals surface area contributed by atoms with Crippen LogP contribution in [-0.4, -0.2) is 48.2 Å². The van der Waals surface area contributed by atoms with Crippen molar-refractivity contribution in [3.8, 4) is 0 Å². The number of alkyl halides is 3. The Kier molecular flexibility index (Phi) is 7.28. The summed E-state index contributed by atoms with van der Waals surface area (Å²) in [4.78, 5) is 23.3. The normalized spacial score (nSPS) is 19.7. The molecule has 1 aliphatic heterocycles. The third-order valence-corrected chi connectivity index (χ3v) is 6.33. The van der Waals surface area contributed by atoms with Crippen molar-refractivity contribution in [1.29, 1.82) is 0 Å². The fraction of sp³-hybridized carbons (Fsp3) is 0.478. The number of piperidine rings is 1. The van der Waals surface area contributed by atoms with Gasteiger partial charge in [-0.3, -0.25) is 9.69 Å². The molecule has 2 aliphatic rings. The van der Waals surface area contributed by atoms with Gasteiger partial charge in [-0.2, -0.15) is 13.2 Å². The van der Waals surface area contributed by atoms with Crippen molar-refractivity contribution in [1.82, 2.24) is 10.2 Å². The second-order valence-corrected chi connectivity index (χ2v) is 8.30. The van der Waals surface area contributed by atoms with E-state index in [1.807, 2.05) is 6.07 Å². The van der Waals surface area contributed by atoms with Crippen molar-refractivity contribution < 1.29 is 32.3 Å². The molecule has 2 N–H and O–H groups in total. The number of carbonyl (C=O) groups is 2. The molecule has 0 saturated carbocycles. The van der Waals surface area contributed by atoms with Crippen LogP contribution in [0.1, 0.15) is 48.5 Å². The lowest BCUT2D eigenvalue weighted by atomic mass is 9.73. The van der Waals surface area contributed by atoms with E-state index in [2.05, 4.69) is 40.5 Å². The summed E-state index contributed by atoms with van der Waals surface area (Å²) in [6, 6.07) is 12.8. The fourth-order valence-corrected chi connectivity index (χ4v) is 4.77. The molecule has 0 bridgehead atoms. The van der Waals surface area contributed by atoms with Crippen molar-refractivity contribution >= 4 is 11.9 Å². The first kappa shape index (κ1) is 23.8. The summed E-state index contributed by atoms with van der Waals surface area (Å²) in [6.07, 6.45) is 0.695. The Morgan fingerprint density at radius 2 is 1.84 bits per heavy atom. The average Bonchev–Trinajstić information content (AvgIpc) is 3.37. The van der Waals surface area contributed by atoms with Gasteiger partial charge in [-0.1, -0.05) is 24.3 Å². The fourth-order valence-electron chi connectivity index (χ4n) is 4.77. The molecule has 1 fully saturated rings. The van der Waals surface area contributed by atoms with Crippen LogP contribution in [0, 0.1) is 0 Å². The SMILES string of the molecule is CNC(=O)CC1CC2(CCN(Cc3ccco3)CC2)c2ccccc21.O=C(O)C(F)(F)F. The average molecular weight is 452 g/mol. The Hall–Kier alpha value is -2.81. The van der Waals surface area contributed by atoms with Crippen molar-refractivity contribution in [2.75, 3.05) is 20.1 Å². The standard InChI is InChI=1S/C21H26N2O2.C2HF3O2/c1-22-20(24)13-16-14-21(19-7-3-2-6-18(16)19)8-10-23(11-9-21)15-17-5-4-12-25-17;3-2(4,5)1(6)7/h2-7,12,16H,8-11,13-15H2,1H3,(H,22,24);(H,6,7). The molecule has 6 nitrogen and oxygen atoms in total. The zero-order valence-corrected chi connectivity index (χ0v) is 17.8. The van der Waals surface area contributed by atoms with Gasteiger partial charge in [-0.25, -0.2) is 4.79 Å². The Morgan fingerprint density at radius 3 is 2.41 bits per heavy atom. The summed E-state index contributed by atoms with van der Waals surface area (Å²) < 4.78 is 37.2. The van der Waals surface area contributed by atoms with E-state index in [1.165, 1.54) is 11.1 Å². The van der Waals surface area contributed by atoms with E-state index in [0.717, 1.165) is 44.7 Å². The van der Waals surface area contributed by atoms with Crippen LogP contribution in [0.3, 0.4) is 0 Å². The summed E-state index contributed by atoms with van der Waals surface area (Å²) in [5.74, 6) is -1.22. The number of benzene rings is 1. The van der Waals surface area contributed by atoms with Crippen LogP contribution in [0.4, 0.5) is 13.2 Å². The Bertz CT molecular complexity index is 920. The Balaban J connectivity index is 0.000000360. The first-order valence-corrected chi connectivity index (χ1v) is 10.5. The minimum atomic E-state index is -5.08. The van der Waals surface area contributed by atoms with E-state index in [1.54, 1.807) is 13.3 Å². The minimum Gasteiger partial charge on any atom is -0.475 e. The number of rotatable bonds is 4. The summed E-state index contributed by atoms with van der Waals surface area (Å²) >= 11 is 0. The lowest BCUT2D eigenvalue weighted by Crippen LogP contribution is -2.41. The van der Waals surface area contributed by atoms with Crippen molar-refractivity contribution in [3.05, 3.63) is 59.5 Å². The second kappa shape index (κ2) is 9.77. The first-order valence-electron chi connectivity index (χ1n) is 10.5. The number of carboxylic acids is 1. The monoisotopic (exact) mass is 452 g/mol. The number of halogens is 3. The van der Waals surface area contributed by atoms with Gasteiger partial charge in [0.1, 0.15) is 5.76 Å². The molecular formula is C23H27F3N2O4. The lowest BCUT2D eigenvalue weighted by molar-refractivity contribution is -0.192. The Morgan fingerprint density at radius 1 is 1.19 bits per heavy atom.